The van der Waals surface area contributed by atoms with Crippen LogP contribution >= 0.6 is 39.9 Å². The van der Waals surface area contributed by atoms with E-state index >= 15 is 0 Å². The van der Waals surface area contributed by atoms with Crippen LogP contribution < -0.4 is 5.63 Å². The van der Waals surface area contributed by atoms with Crippen LogP contribution in [-0.2, 0) is 10.5 Å². The molecule has 1 aromatic carbocycles. The topological polar surface area (TPSA) is 42.7 Å². The molecular weight excluding hydrogens is 386 g/mol. The normalized spacial score (nSPS) is 15.2. The number of nitrogens with zero attached hydrogens (tertiary/aromatic N) is 1. The summed E-state index contributed by atoms with van der Waals surface area (Å²) in [6.07, 6.45) is 0. The van der Waals surface area contributed by atoms with Gasteiger partial charge in [-0.2, -0.15) is 0 Å². The van der Waals surface area contributed by atoms with E-state index < -0.39 is 0 Å². The minimum Gasteiger partial charge on any atom is -0.423 e. The Balaban J connectivity index is 1.79. The van der Waals surface area contributed by atoms with Gasteiger partial charge in [-0.05, 0) is 23.8 Å². The lowest BCUT2D eigenvalue weighted by Gasteiger charge is -2.28. The maximum atomic E-state index is 11.7. The predicted molar refractivity (Wildman–Crippen MR) is 96.5 cm³/mol. The molecular formula is C15H14BrNO3S2. The zero-order valence-corrected chi connectivity index (χ0v) is 14.9. The van der Waals surface area contributed by atoms with Crippen LogP contribution in [0.3, 0.4) is 0 Å². The molecule has 1 aliphatic heterocycles. The molecule has 2 aromatic rings. The summed E-state index contributed by atoms with van der Waals surface area (Å²) < 4.78 is 12.4. The van der Waals surface area contributed by atoms with Gasteiger partial charge in [0.2, 0.25) is 0 Å². The summed E-state index contributed by atoms with van der Waals surface area (Å²) in [5.74, 6) is 0.648. The first kappa shape index (κ1) is 16.0. The van der Waals surface area contributed by atoms with E-state index in [2.05, 4.69) is 20.8 Å². The lowest BCUT2D eigenvalue weighted by molar-refractivity contribution is 0.0702. The van der Waals surface area contributed by atoms with Gasteiger partial charge in [-0.25, -0.2) is 4.79 Å². The van der Waals surface area contributed by atoms with Crippen molar-refractivity contribution in [3.63, 3.8) is 0 Å². The van der Waals surface area contributed by atoms with Crippen molar-refractivity contribution in [3.05, 3.63) is 44.7 Å². The molecule has 7 heteroatoms. The number of halogens is 1. The van der Waals surface area contributed by atoms with Crippen LogP contribution in [0.2, 0.25) is 0 Å². The average molecular weight is 400 g/mol. The summed E-state index contributed by atoms with van der Waals surface area (Å²) in [5, 5.41) is 0.936. The second kappa shape index (κ2) is 7.12. The fraction of sp³-hybridized carbons (Fsp3) is 0.333. The number of fused-ring (bicyclic) bond motifs is 1. The number of thiocarbonyl (C=S) groups is 1. The molecule has 1 fully saturated rings. The third-order valence-electron chi connectivity index (χ3n) is 3.41. The number of ether oxygens (including phenoxy) is 1. The third-order valence-corrected chi connectivity index (χ3v) is 5.48. The fourth-order valence-electron chi connectivity index (χ4n) is 2.30. The number of morpholine rings is 1. The maximum absolute atomic E-state index is 11.7. The second-order valence-corrected chi connectivity index (χ2v) is 7.41. The lowest BCUT2D eigenvalue weighted by Crippen LogP contribution is -2.38. The van der Waals surface area contributed by atoms with Crippen molar-refractivity contribution in [2.45, 2.75) is 5.75 Å². The average Bonchev–Trinajstić information content (AvgIpc) is 2.53. The van der Waals surface area contributed by atoms with Crippen LogP contribution in [-0.4, -0.2) is 35.5 Å². The molecule has 0 bridgehead atoms. The molecule has 0 amide bonds. The minimum absolute atomic E-state index is 0.331. The molecule has 0 radical (unpaired) electrons. The van der Waals surface area contributed by atoms with Gasteiger partial charge >= 0.3 is 5.63 Å². The Bertz CT molecular complexity index is 756. The summed E-state index contributed by atoms with van der Waals surface area (Å²) in [5.41, 5.74) is 1.21. The fourth-order valence-corrected chi connectivity index (χ4v) is 3.90. The van der Waals surface area contributed by atoms with Crippen LogP contribution in [0.1, 0.15) is 5.56 Å². The van der Waals surface area contributed by atoms with Crippen molar-refractivity contribution >= 4 is 55.2 Å². The van der Waals surface area contributed by atoms with Crippen molar-refractivity contribution in [1.29, 1.82) is 0 Å². The van der Waals surface area contributed by atoms with Crippen molar-refractivity contribution in [2.75, 3.05) is 26.3 Å². The maximum Gasteiger partial charge on any atom is 0.336 e. The van der Waals surface area contributed by atoms with E-state index in [-0.39, 0.29) is 5.63 Å². The van der Waals surface area contributed by atoms with Crippen molar-refractivity contribution in [3.8, 4) is 0 Å². The van der Waals surface area contributed by atoms with Crippen LogP contribution in [0.15, 0.2) is 37.9 Å². The molecule has 1 aliphatic rings. The molecule has 116 valence electrons. The number of thioether (sulfide) groups is 1. The van der Waals surface area contributed by atoms with Crippen LogP contribution in [0, 0.1) is 0 Å². The first-order chi connectivity index (χ1) is 10.6. The highest BCUT2D eigenvalue weighted by Crippen LogP contribution is 2.26. The number of rotatable bonds is 2. The van der Waals surface area contributed by atoms with Gasteiger partial charge in [0.1, 0.15) is 9.90 Å². The lowest BCUT2D eigenvalue weighted by atomic mass is 10.1. The van der Waals surface area contributed by atoms with Gasteiger partial charge in [-0.3, -0.25) is 0 Å². The van der Waals surface area contributed by atoms with Gasteiger partial charge < -0.3 is 14.1 Å². The van der Waals surface area contributed by atoms with Crippen LogP contribution in [0.4, 0.5) is 0 Å². The highest BCUT2D eigenvalue weighted by atomic mass is 79.9. The molecule has 0 atom stereocenters. The second-order valence-electron chi connectivity index (χ2n) is 4.89. The van der Waals surface area contributed by atoms with Gasteiger partial charge in [0, 0.05) is 34.8 Å². The minimum atomic E-state index is -0.331. The van der Waals surface area contributed by atoms with E-state index in [4.69, 9.17) is 21.4 Å². The quantitative estimate of drug-likeness (QED) is 0.569. The summed E-state index contributed by atoms with van der Waals surface area (Å²) in [7, 11) is 0. The Morgan fingerprint density at radius 2 is 2.09 bits per heavy atom. The third kappa shape index (κ3) is 3.71. The Hall–Kier alpha value is -0.890. The molecule has 1 saturated heterocycles. The van der Waals surface area contributed by atoms with Gasteiger partial charge in [-0.1, -0.05) is 39.9 Å². The predicted octanol–water partition coefficient (Wildman–Crippen LogP) is 3.41. The molecule has 3 rings (SSSR count). The highest BCUT2D eigenvalue weighted by Gasteiger charge is 2.15. The Morgan fingerprint density at radius 1 is 1.32 bits per heavy atom. The van der Waals surface area contributed by atoms with Crippen LogP contribution in [0.5, 0.6) is 0 Å². The first-order valence-electron chi connectivity index (χ1n) is 6.85. The van der Waals surface area contributed by atoms with Gasteiger partial charge in [0.25, 0.3) is 0 Å². The molecule has 0 aliphatic carbocycles. The monoisotopic (exact) mass is 399 g/mol. The van der Waals surface area contributed by atoms with E-state index in [0.29, 0.717) is 24.5 Å². The van der Waals surface area contributed by atoms with Gasteiger partial charge in [0.15, 0.2) is 0 Å². The molecule has 0 spiro atoms. The molecule has 0 N–H and O–H groups in total. The Labute approximate surface area is 145 Å². The smallest absolute Gasteiger partial charge is 0.336 e. The Kier molecular flexibility index (Phi) is 5.18. The van der Waals surface area contributed by atoms with Crippen molar-refractivity contribution in [2.24, 2.45) is 0 Å². The summed E-state index contributed by atoms with van der Waals surface area (Å²) >= 11 is 10.5. The van der Waals surface area contributed by atoms with E-state index in [0.717, 1.165) is 32.8 Å². The molecule has 2 heterocycles. The largest absolute Gasteiger partial charge is 0.423 e. The molecule has 0 saturated carbocycles. The molecule has 4 nitrogen and oxygen atoms in total. The van der Waals surface area contributed by atoms with E-state index in [9.17, 15) is 4.79 Å². The van der Waals surface area contributed by atoms with Gasteiger partial charge in [-0.15, -0.1) is 0 Å². The van der Waals surface area contributed by atoms with E-state index in [1.165, 1.54) is 0 Å². The number of hydrogen-bond donors (Lipinski definition) is 0. The SMILES string of the molecule is O=c1cc(CSC(=S)N2CCOCC2)c2cc(Br)ccc2o1. The van der Waals surface area contributed by atoms with Crippen LogP contribution in [0.25, 0.3) is 11.0 Å². The Morgan fingerprint density at radius 3 is 2.86 bits per heavy atom. The zero-order valence-electron chi connectivity index (χ0n) is 11.7. The summed E-state index contributed by atoms with van der Waals surface area (Å²) in [6, 6.07) is 7.17. The summed E-state index contributed by atoms with van der Waals surface area (Å²) in [6.45, 7) is 3.08. The van der Waals surface area contributed by atoms with Crippen molar-refractivity contribution < 1.29 is 9.15 Å². The molecule has 0 unspecified atom stereocenters. The van der Waals surface area contributed by atoms with E-state index in [1.54, 1.807) is 23.9 Å². The zero-order chi connectivity index (χ0) is 15.5. The first-order valence-corrected chi connectivity index (χ1v) is 9.04. The van der Waals surface area contributed by atoms with Crippen molar-refractivity contribution in [1.82, 2.24) is 4.90 Å². The standard InChI is InChI=1S/C15H14BrNO3S2/c16-11-1-2-13-12(8-11)10(7-14(18)20-13)9-22-15(21)17-3-5-19-6-4-17/h1-2,7-8H,3-6,9H2. The number of benzene rings is 1. The molecule has 22 heavy (non-hydrogen) atoms. The van der Waals surface area contributed by atoms with E-state index in [1.807, 2.05) is 12.1 Å². The highest BCUT2D eigenvalue weighted by molar-refractivity contribution is 9.10. The molecule has 1 aromatic heterocycles. The summed E-state index contributed by atoms with van der Waals surface area (Å²) in [4.78, 5) is 13.8. The number of hydrogen-bond acceptors (Lipinski definition) is 5. The van der Waals surface area contributed by atoms with Gasteiger partial charge in [0.05, 0.1) is 13.2 Å².